The molecule has 0 amide bonds. The smallest absolute Gasteiger partial charge is 0.232 e. The number of rotatable bonds is 12. The summed E-state index contributed by atoms with van der Waals surface area (Å²) in [6.07, 6.45) is -2.57. The third-order valence-electron chi connectivity index (χ3n) is 9.89. The van der Waals surface area contributed by atoms with Crippen LogP contribution in [0.1, 0.15) is 63.5 Å². The Morgan fingerprint density at radius 2 is 0.900 bits per heavy atom. The van der Waals surface area contributed by atoms with Crippen molar-refractivity contribution in [1.82, 2.24) is 0 Å². The van der Waals surface area contributed by atoms with Gasteiger partial charge >= 0.3 is 0 Å². The van der Waals surface area contributed by atoms with Crippen LogP contribution in [0.15, 0.2) is 21.7 Å². The molecule has 6 rings (SSSR count). The minimum absolute atomic E-state index is 0.0450. The number of ether oxygens (including phenoxy) is 4. The first-order chi connectivity index (χ1) is 23.7. The van der Waals surface area contributed by atoms with Gasteiger partial charge in [-0.25, -0.2) is 0 Å². The van der Waals surface area contributed by atoms with E-state index in [-0.39, 0.29) is 79.3 Å². The molecule has 0 aliphatic carbocycles. The molecule has 12 heteroatoms. The molecule has 0 radical (unpaired) electrons. The Labute approximate surface area is 285 Å². The summed E-state index contributed by atoms with van der Waals surface area (Å²) in [6, 6.07) is 3.03. The van der Waals surface area contributed by atoms with Crippen LogP contribution in [-0.2, 0) is 9.59 Å². The van der Waals surface area contributed by atoms with Crippen molar-refractivity contribution >= 4 is 65.4 Å². The van der Waals surface area contributed by atoms with Crippen molar-refractivity contribution in [2.45, 2.75) is 64.6 Å². The Hall–Kier alpha value is -5.20. The summed E-state index contributed by atoms with van der Waals surface area (Å²) >= 11 is 0. The number of aliphatic hydroxyl groups is 2. The van der Waals surface area contributed by atoms with Gasteiger partial charge in [-0.2, -0.15) is 0 Å². The summed E-state index contributed by atoms with van der Waals surface area (Å²) in [5.41, 5.74) is -1.06. The molecule has 50 heavy (non-hydrogen) atoms. The van der Waals surface area contributed by atoms with Gasteiger partial charge in [0.2, 0.25) is 10.9 Å². The fourth-order valence-electron chi connectivity index (χ4n) is 7.75. The monoisotopic (exact) mass is 686 g/mol. The van der Waals surface area contributed by atoms with Gasteiger partial charge in [0.1, 0.15) is 11.6 Å². The van der Waals surface area contributed by atoms with Crippen molar-refractivity contribution in [3.63, 3.8) is 0 Å². The standard InChI is InChI=1S/C38H38O12/c1-13(39)9-19(41)15(3)23-24(16(4)20(42)10-14(2)40)30-28-26-18(12-22(48-6)34(44)32(26)36(46)38(30)50-8)17-11-21(47-5)33(43)31-25(17)27(28)29(23)37(49-7)35(31)45/h11-16,39-40,43-44H,9-10H2,1-8H3. The molecule has 4 unspecified atom stereocenters. The Morgan fingerprint density at radius 1 is 0.560 bits per heavy atom. The highest BCUT2D eigenvalue weighted by Gasteiger charge is 2.38. The molecule has 0 saturated carbocycles. The van der Waals surface area contributed by atoms with E-state index in [4.69, 9.17) is 18.9 Å². The first-order valence-corrected chi connectivity index (χ1v) is 16.1. The maximum Gasteiger partial charge on any atom is 0.232 e. The number of aromatic hydroxyl groups is 2. The van der Waals surface area contributed by atoms with Gasteiger partial charge in [-0.3, -0.25) is 19.2 Å². The zero-order chi connectivity index (χ0) is 36.7. The van der Waals surface area contributed by atoms with E-state index in [1.807, 2.05) is 0 Å². The molecule has 0 aliphatic heterocycles. The molecular formula is C38H38O12. The van der Waals surface area contributed by atoms with Gasteiger partial charge in [-0.05, 0) is 47.9 Å². The second-order valence-electron chi connectivity index (χ2n) is 13.0. The maximum absolute atomic E-state index is 14.5. The highest BCUT2D eigenvalue weighted by Crippen LogP contribution is 2.56. The van der Waals surface area contributed by atoms with Crippen LogP contribution >= 0.6 is 0 Å². The van der Waals surface area contributed by atoms with Gasteiger partial charge in [0, 0.05) is 57.0 Å². The largest absolute Gasteiger partial charge is 0.504 e. The lowest BCUT2D eigenvalue weighted by Gasteiger charge is -2.29. The van der Waals surface area contributed by atoms with E-state index in [0.717, 1.165) is 0 Å². The van der Waals surface area contributed by atoms with Crippen molar-refractivity contribution in [1.29, 1.82) is 0 Å². The van der Waals surface area contributed by atoms with Crippen molar-refractivity contribution in [2.24, 2.45) is 0 Å². The van der Waals surface area contributed by atoms with Gasteiger partial charge in [-0.15, -0.1) is 0 Å². The van der Waals surface area contributed by atoms with Crippen molar-refractivity contribution < 1.29 is 49.0 Å². The lowest BCUT2D eigenvalue weighted by molar-refractivity contribution is -0.123. The second kappa shape index (κ2) is 12.3. The summed E-state index contributed by atoms with van der Waals surface area (Å²) < 4.78 is 22.6. The van der Waals surface area contributed by atoms with Gasteiger partial charge < -0.3 is 39.4 Å². The third-order valence-corrected chi connectivity index (χ3v) is 9.89. The van der Waals surface area contributed by atoms with Crippen LogP contribution in [-0.4, -0.2) is 72.6 Å². The van der Waals surface area contributed by atoms with Crippen molar-refractivity contribution in [3.05, 3.63) is 43.7 Å². The average Bonchev–Trinajstić information content (AvgIpc) is 3.06. The molecule has 12 nitrogen and oxygen atoms in total. The lowest BCUT2D eigenvalue weighted by Crippen LogP contribution is -2.23. The van der Waals surface area contributed by atoms with E-state index in [0.29, 0.717) is 21.5 Å². The summed E-state index contributed by atoms with van der Waals surface area (Å²) in [5, 5.41) is 45.3. The minimum Gasteiger partial charge on any atom is -0.504 e. The number of phenolic OH excluding ortho intramolecular Hbond substituents is 2. The van der Waals surface area contributed by atoms with Crippen LogP contribution in [0.2, 0.25) is 0 Å². The van der Waals surface area contributed by atoms with E-state index < -0.39 is 58.0 Å². The minimum atomic E-state index is -1.08. The third kappa shape index (κ3) is 4.65. The van der Waals surface area contributed by atoms with Crippen LogP contribution in [0.5, 0.6) is 34.5 Å². The number of aliphatic hydroxyl groups excluding tert-OH is 2. The molecule has 4 atom stereocenters. The highest BCUT2D eigenvalue weighted by molar-refractivity contribution is 6.43. The van der Waals surface area contributed by atoms with Crippen molar-refractivity contribution in [2.75, 3.05) is 28.4 Å². The first kappa shape index (κ1) is 34.7. The quantitative estimate of drug-likeness (QED) is 0.102. The normalized spacial score (nSPS) is 14.5. The average molecular weight is 687 g/mol. The number of fused-ring (bicyclic) bond motifs is 1. The Balaban J connectivity index is 2.10. The van der Waals surface area contributed by atoms with E-state index in [1.54, 1.807) is 13.8 Å². The van der Waals surface area contributed by atoms with Gasteiger partial charge in [0.05, 0.1) is 51.4 Å². The number of Topliss-reactive ketones (excluding diaryl/α,β-unsaturated/α-hetero) is 2. The van der Waals surface area contributed by atoms with Crippen LogP contribution in [0.25, 0.3) is 53.9 Å². The van der Waals surface area contributed by atoms with Gasteiger partial charge in [-0.1, -0.05) is 13.8 Å². The zero-order valence-electron chi connectivity index (χ0n) is 28.9. The summed E-state index contributed by atoms with van der Waals surface area (Å²) in [6.45, 7) is 6.09. The summed E-state index contributed by atoms with van der Waals surface area (Å²) in [5.74, 6) is -4.51. The SMILES string of the molecule is COc1cc2c3cc(OC)c(O)c4c(=O)c(OC)c5c(C(C)C(=O)CC(C)O)c(C(C)C(=O)CC(C)O)c6c(OC)c(=O)c(c1O)c2c6c5c43. The molecule has 0 fully saturated rings. The number of phenols is 2. The topological polar surface area (TPSA) is 186 Å². The zero-order valence-corrected chi connectivity index (χ0v) is 28.9. The molecule has 0 aromatic heterocycles. The Bertz CT molecular complexity index is 2290. The number of ketones is 2. The second-order valence-corrected chi connectivity index (χ2v) is 13.0. The number of hydrogen-bond acceptors (Lipinski definition) is 12. The molecule has 0 saturated heterocycles. The maximum atomic E-state index is 14.5. The number of hydrogen-bond donors (Lipinski definition) is 4. The van der Waals surface area contributed by atoms with Crippen LogP contribution in [0.3, 0.4) is 0 Å². The molecule has 0 spiro atoms. The highest BCUT2D eigenvalue weighted by atomic mass is 16.5. The molecule has 0 aliphatic rings. The lowest BCUT2D eigenvalue weighted by atomic mass is 9.74. The molecule has 4 N–H and O–H groups in total. The summed E-state index contributed by atoms with van der Waals surface area (Å²) in [4.78, 5) is 56.9. The van der Waals surface area contributed by atoms with Crippen LogP contribution < -0.4 is 29.8 Å². The van der Waals surface area contributed by atoms with Gasteiger partial charge in [0.25, 0.3) is 0 Å². The Kier molecular flexibility index (Phi) is 8.52. The van der Waals surface area contributed by atoms with E-state index >= 15 is 0 Å². The molecule has 0 bridgehead atoms. The number of carbonyl (C=O) groups excluding carboxylic acids is 2. The van der Waals surface area contributed by atoms with E-state index in [1.165, 1.54) is 54.4 Å². The van der Waals surface area contributed by atoms with Crippen LogP contribution in [0.4, 0.5) is 0 Å². The predicted molar refractivity (Wildman–Crippen MR) is 189 cm³/mol. The first-order valence-electron chi connectivity index (χ1n) is 16.1. The Morgan fingerprint density at radius 3 is 1.18 bits per heavy atom. The van der Waals surface area contributed by atoms with E-state index in [2.05, 4.69) is 0 Å². The molecule has 262 valence electrons. The summed E-state index contributed by atoms with van der Waals surface area (Å²) in [7, 11) is 5.19. The van der Waals surface area contributed by atoms with E-state index in [9.17, 15) is 39.6 Å². The molecule has 6 aromatic rings. The van der Waals surface area contributed by atoms with Crippen LogP contribution in [0, 0.1) is 0 Å². The predicted octanol–water partition coefficient (Wildman–Crippen LogP) is 4.82. The van der Waals surface area contributed by atoms with Gasteiger partial charge in [0.15, 0.2) is 34.5 Å². The van der Waals surface area contributed by atoms with Crippen molar-refractivity contribution in [3.8, 4) is 34.5 Å². The fraction of sp³-hybridized carbons (Fsp3) is 0.368. The number of methoxy groups -OCH3 is 4. The fourth-order valence-corrected chi connectivity index (χ4v) is 7.75. The number of benzene rings is 6. The molecule has 6 aromatic carbocycles. The molecular weight excluding hydrogens is 648 g/mol. The molecule has 0 heterocycles. The number of carbonyl (C=O) groups is 2.